The number of rotatable bonds is 6. The van der Waals surface area contributed by atoms with E-state index >= 15 is 0 Å². The largest absolute Gasteiger partial charge is 0.381 e. The Hall–Kier alpha value is -0.980. The molecule has 1 amide bonds. The third-order valence-electron chi connectivity index (χ3n) is 3.20. The van der Waals surface area contributed by atoms with Crippen LogP contribution < -0.4 is 10.6 Å². The summed E-state index contributed by atoms with van der Waals surface area (Å²) >= 11 is 1.47. The molecule has 106 valence electrons. The van der Waals surface area contributed by atoms with Gasteiger partial charge in [-0.25, -0.2) is 4.98 Å². The van der Waals surface area contributed by atoms with Crippen molar-refractivity contribution in [3.63, 3.8) is 0 Å². The van der Waals surface area contributed by atoms with Gasteiger partial charge in [-0.2, -0.15) is 0 Å². The first-order valence-electron chi connectivity index (χ1n) is 6.78. The van der Waals surface area contributed by atoms with Crippen LogP contribution >= 0.6 is 11.3 Å². The highest BCUT2D eigenvalue weighted by Gasteiger charge is 2.24. The smallest absolute Gasteiger partial charge is 0.231 e. The molecule has 1 saturated heterocycles. The van der Waals surface area contributed by atoms with Gasteiger partial charge in [0.2, 0.25) is 5.91 Å². The highest BCUT2D eigenvalue weighted by atomic mass is 32.1. The molecule has 0 radical (unpaired) electrons. The van der Waals surface area contributed by atoms with Crippen LogP contribution in [0.3, 0.4) is 0 Å². The average Bonchev–Trinajstić information content (AvgIpc) is 3.06. The molecule has 1 aliphatic heterocycles. The van der Waals surface area contributed by atoms with Crippen LogP contribution in [0, 0.1) is 5.92 Å². The Labute approximate surface area is 117 Å². The van der Waals surface area contributed by atoms with E-state index in [2.05, 4.69) is 29.5 Å². The molecule has 2 heterocycles. The number of hydrogen-bond acceptors (Lipinski definition) is 5. The SMILES string of the molecule is CCCNC(C)c1csc(NC(=O)C2CCOC2)n1. The van der Waals surface area contributed by atoms with Crippen molar-refractivity contribution in [2.45, 2.75) is 32.7 Å². The summed E-state index contributed by atoms with van der Waals surface area (Å²) in [7, 11) is 0. The molecule has 2 rings (SSSR count). The Bertz CT molecular complexity index is 416. The number of amides is 1. The number of anilines is 1. The van der Waals surface area contributed by atoms with E-state index in [1.54, 1.807) is 0 Å². The van der Waals surface area contributed by atoms with E-state index in [0.29, 0.717) is 18.3 Å². The van der Waals surface area contributed by atoms with Crippen molar-refractivity contribution in [3.8, 4) is 0 Å². The van der Waals surface area contributed by atoms with E-state index in [-0.39, 0.29) is 17.9 Å². The predicted molar refractivity (Wildman–Crippen MR) is 76.4 cm³/mol. The van der Waals surface area contributed by atoms with Crippen LogP contribution in [0.15, 0.2) is 5.38 Å². The van der Waals surface area contributed by atoms with Gasteiger partial charge in [-0.05, 0) is 26.3 Å². The van der Waals surface area contributed by atoms with Crippen molar-refractivity contribution in [1.29, 1.82) is 0 Å². The number of hydrogen-bond donors (Lipinski definition) is 2. The van der Waals surface area contributed by atoms with Gasteiger partial charge in [-0.3, -0.25) is 4.79 Å². The van der Waals surface area contributed by atoms with Crippen LogP contribution in [-0.2, 0) is 9.53 Å². The van der Waals surface area contributed by atoms with E-state index in [0.717, 1.165) is 25.1 Å². The van der Waals surface area contributed by atoms with Crippen molar-refractivity contribution < 1.29 is 9.53 Å². The van der Waals surface area contributed by atoms with Crippen LogP contribution in [0.2, 0.25) is 0 Å². The van der Waals surface area contributed by atoms with Crippen molar-refractivity contribution >= 4 is 22.4 Å². The zero-order valence-electron chi connectivity index (χ0n) is 11.4. The molecule has 0 bridgehead atoms. The maximum atomic E-state index is 11.9. The third-order valence-corrected chi connectivity index (χ3v) is 3.97. The minimum absolute atomic E-state index is 0.0209. The Kier molecular flexibility index (Phi) is 5.30. The van der Waals surface area contributed by atoms with Crippen LogP contribution in [-0.4, -0.2) is 30.6 Å². The fraction of sp³-hybridized carbons (Fsp3) is 0.692. The van der Waals surface area contributed by atoms with E-state index in [1.807, 2.05) is 5.38 Å². The molecule has 0 aromatic carbocycles. The lowest BCUT2D eigenvalue weighted by atomic mass is 10.1. The van der Waals surface area contributed by atoms with Crippen LogP contribution in [0.25, 0.3) is 0 Å². The molecule has 1 aromatic heterocycles. The van der Waals surface area contributed by atoms with E-state index in [4.69, 9.17) is 4.74 Å². The Morgan fingerprint density at radius 1 is 1.68 bits per heavy atom. The van der Waals surface area contributed by atoms with Gasteiger partial charge < -0.3 is 15.4 Å². The maximum Gasteiger partial charge on any atom is 0.231 e. The van der Waals surface area contributed by atoms with Crippen molar-refractivity contribution in [1.82, 2.24) is 10.3 Å². The molecule has 19 heavy (non-hydrogen) atoms. The number of ether oxygens (including phenoxy) is 1. The number of nitrogens with one attached hydrogen (secondary N) is 2. The van der Waals surface area contributed by atoms with Gasteiger partial charge in [-0.1, -0.05) is 6.92 Å². The summed E-state index contributed by atoms with van der Waals surface area (Å²) in [6, 6.07) is 0.219. The molecule has 6 heteroatoms. The first kappa shape index (κ1) is 14.4. The predicted octanol–water partition coefficient (Wildman–Crippen LogP) is 2.18. The number of nitrogens with zero attached hydrogens (tertiary/aromatic N) is 1. The highest BCUT2D eigenvalue weighted by molar-refractivity contribution is 7.13. The van der Waals surface area contributed by atoms with Gasteiger partial charge in [0.05, 0.1) is 18.2 Å². The Morgan fingerprint density at radius 2 is 2.53 bits per heavy atom. The van der Waals surface area contributed by atoms with Gasteiger partial charge >= 0.3 is 0 Å². The first-order chi connectivity index (χ1) is 9.20. The monoisotopic (exact) mass is 283 g/mol. The zero-order valence-corrected chi connectivity index (χ0v) is 12.3. The summed E-state index contributed by atoms with van der Waals surface area (Å²) < 4.78 is 5.22. The lowest BCUT2D eigenvalue weighted by Crippen LogP contribution is -2.23. The quantitative estimate of drug-likeness (QED) is 0.840. The van der Waals surface area contributed by atoms with Crippen LogP contribution in [0.5, 0.6) is 0 Å². The fourth-order valence-electron chi connectivity index (χ4n) is 1.96. The molecule has 0 spiro atoms. The van der Waals surface area contributed by atoms with Gasteiger partial charge in [0.25, 0.3) is 0 Å². The molecule has 1 fully saturated rings. The first-order valence-corrected chi connectivity index (χ1v) is 7.66. The molecular formula is C13H21N3O2S. The number of carbonyl (C=O) groups excluding carboxylic acids is 1. The second kappa shape index (κ2) is 6.98. The Morgan fingerprint density at radius 3 is 3.21 bits per heavy atom. The summed E-state index contributed by atoms with van der Waals surface area (Å²) in [6.45, 7) is 6.40. The highest BCUT2D eigenvalue weighted by Crippen LogP contribution is 2.22. The molecule has 0 aliphatic carbocycles. The number of thiazole rings is 1. The lowest BCUT2D eigenvalue weighted by Gasteiger charge is -2.10. The lowest BCUT2D eigenvalue weighted by molar-refractivity contribution is -0.119. The van der Waals surface area contributed by atoms with Crippen LogP contribution in [0.1, 0.15) is 38.4 Å². The molecule has 5 nitrogen and oxygen atoms in total. The van der Waals surface area contributed by atoms with Crippen LogP contribution in [0.4, 0.5) is 5.13 Å². The Balaban J connectivity index is 1.87. The molecule has 2 unspecified atom stereocenters. The maximum absolute atomic E-state index is 11.9. The molecule has 2 atom stereocenters. The van der Waals surface area contributed by atoms with E-state index < -0.39 is 0 Å². The minimum atomic E-state index is -0.0250. The number of carbonyl (C=O) groups is 1. The van der Waals surface area contributed by atoms with Gasteiger partial charge in [0, 0.05) is 18.0 Å². The van der Waals surface area contributed by atoms with E-state index in [9.17, 15) is 4.79 Å². The van der Waals surface area contributed by atoms with Gasteiger partial charge in [0.1, 0.15) is 0 Å². The van der Waals surface area contributed by atoms with Crippen molar-refractivity contribution in [2.75, 3.05) is 25.1 Å². The van der Waals surface area contributed by atoms with Gasteiger partial charge in [0.15, 0.2) is 5.13 Å². The summed E-state index contributed by atoms with van der Waals surface area (Å²) in [6.07, 6.45) is 1.90. The number of aromatic nitrogens is 1. The second-order valence-electron chi connectivity index (χ2n) is 4.80. The average molecular weight is 283 g/mol. The van der Waals surface area contributed by atoms with E-state index in [1.165, 1.54) is 11.3 Å². The zero-order chi connectivity index (χ0) is 13.7. The molecule has 1 aromatic rings. The normalized spacial score (nSPS) is 20.4. The van der Waals surface area contributed by atoms with Crippen molar-refractivity contribution in [2.24, 2.45) is 5.92 Å². The summed E-state index contributed by atoms with van der Waals surface area (Å²) in [5.41, 5.74) is 0.983. The summed E-state index contributed by atoms with van der Waals surface area (Å²) in [5, 5.41) is 8.93. The van der Waals surface area contributed by atoms with Crippen molar-refractivity contribution in [3.05, 3.63) is 11.1 Å². The molecule has 0 saturated carbocycles. The third kappa shape index (κ3) is 3.99. The summed E-state index contributed by atoms with van der Waals surface area (Å²) in [5.74, 6) is -0.00411. The minimum Gasteiger partial charge on any atom is -0.381 e. The summed E-state index contributed by atoms with van der Waals surface area (Å²) in [4.78, 5) is 16.4. The second-order valence-corrected chi connectivity index (χ2v) is 5.66. The fourth-order valence-corrected chi connectivity index (χ4v) is 2.76. The molecule has 2 N–H and O–H groups in total. The molecular weight excluding hydrogens is 262 g/mol. The van der Waals surface area contributed by atoms with Gasteiger partial charge in [-0.15, -0.1) is 11.3 Å². The standard InChI is InChI=1S/C13H21N3O2S/c1-3-5-14-9(2)11-8-19-13(15-11)16-12(17)10-4-6-18-7-10/h8-10,14H,3-7H2,1-2H3,(H,15,16,17). The molecule has 1 aliphatic rings. The topological polar surface area (TPSA) is 63.2 Å².